The highest BCUT2D eigenvalue weighted by Gasteiger charge is 2.31. The van der Waals surface area contributed by atoms with Crippen LogP contribution in [-0.4, -0.2) is 36.4 Å². The lowest BCUT2D eigenvalue weighted by Gasteiger charge is -2.33. The number of hydrogen-bond donors (Lipinski definition) is 1. The lowest BCUT2D eigenvalue weighted by molar-refractivity contribution is 0.180. The summed E-state index contributed by atoms with van der Waals surface area (Å²) in [6.45, 7) is 4.50. The summed E-state index contributed by atoms with van der Waals surface area (Å²) in [5.74, 6) is 1.02. The fraction of sp³-hybridized carbons (Fsp3) is 0.727. The largest absolute Gasteiger partial charge is 0.387 e. The van der Waals surface area contributed by atoms with Gasteiger partial charge in [0.2, 0.25) is 0 Å². The third-order valence-electron chi connectivity index (χ3n) is 2.99. The molecule has 0 aliphatic carbocycles. The van der Waals surface area contributed by atoms with Gasteiger partial charge in [-0.25, -0.2) is 0 Å². The Bertz CT molecular complexity index is 356. The van der Waals surface area contributed by atoms with Gasteiger partial charge in [-0.2, -0.15) is 28.6 Å². The summed E-state index contributed by atoms with van der Waals surface area (Å²) in [5, 5.41) is 16.0. The molecular formula is C11H18N2OS2. The van der Waals surface area contributed by atoms with Crippen LogP contribution in [0.5, 0.6) is 0 Å². The van der Waals surface area contributed by atoms with Gasteiger partial charge < -0.3 is 5.11 Å². The fourth-order valence-corrected chi connectivity index (χ4v) is 4.78. The van der Waals surface area contributed by atoms with Crippen molar-refractivity contribution in [2.45, 2.75) is 35.7 Å². The van der Waals surface area contributed by atoms with E-state index in [0.29, 0.717) is 15.7 Å². The minimum atomic E-state index is -0.388. The SMILES string of the molecule is CC1SCC(C(O)c2cnn(C)c2)SC1C. The molecule has 0 bridgehead atoms. The first-order chi connectivity index (χ1) is 7.58. The molecule has 1 saturated heterocycles. The molecule has 0 aromatic carbocycles. The second-order valence-electron chi connectivity index (χ2n) is 4.31. The molecule has 0 spiro atoms. The molecule has 3 nitrogen and oxygen atoms in total. The Morgan fingerprint density at radius 1 is 1.50 bits per heavy atom. The first-order valence-corrected chi connectivity index (χ1v) is 7.50. The molecular weight excluding hydrogens is 240 g/mol. The number of nitrogens with zero attached hydrogens (tertiary/aromatic N) is 2. The Kier molecular flexibility index (Phi) is 3.87. The molecule has 1 aliphatic heterocycles. The molecule has 0 amide bonds. The van der Waals surface area contributed by atoms with Gasteiger partial charge in [0.15, 0.2) is 0 Å². The Morgan fingerprint density at radius 2 is 2.25 bits per heavy atom. The Labute approximate surface area is 105 Å². The number of thioether (sulfide) groups is 2. The number of aliphatic hydroxyl groups excluding tert-OH is 1. The van der Waals surface area contributed by atoms with Gasteiger partial charge in [0.1, 0.15) is 0 Å². The van der Waals surface area contributed by atoms with Crippen molar-refractivity contribution in [3.8, 4) is 0 Å². The van der Waals surface area contributed by atoms with Crippen molar-refractivity contribution in [3.63, 3.8) is 0 Å². The average Bonchev–Trinajstić information content (AvgIpc) is 2.68. The second-order valence-corrected chi connectivity index (χ2v) is 7.34. The average molecular weight is 258 g/mol. The van der Waals surface area contributed by atoms with Crippen LogP contribution in [0, 0.1) is 0 Å². The van der Waals surface area contributed by atoms with Crippen molar-refractivity contribution in [3.05, 3.63) is 18.0 Å². The smallest absolute Gasteiger partial charge is 0.0946 e. The quantitative estimate of drug-likeness (QED) is 0.881. The molecule has 0 radical (unpaired) electrons. The molecule has 4 atom stereocenters. The van der Waals surface area contributed by atoms with Crippen LogP contribution in [0.15, 0.2) is 12.4 Å². The topological polar surface area (TPSA) is 38.1 Å². The van der Waals surface area contributed by atoms with Crippen LogP contribution in [-0.2, 0) is 7.05 Å². The molecule has 2 heterocycles. The van der Waals surface area contributed by atoms with Crippen LogP contribution in [0.1, 0.15) is 25.5 Å². The van der Waals surface area contributed by atoms with Crippen LogP contribution in [0.3, 0.4) is 0 Å². The zero-order valence-electron chi connectivity index (χ0n) is 9.83. The number of rotatable bonds is 2. The van der Waals surface area contributed by atoms with E-state index < -0.39 is 0 Å². The number of hydrogen-bond acceptors (Lipinski definition) is 4. The van der Waals surface area contributed by atoms with E-state index in [9.17, 15) is 5.11 Å². The third-order valence-corrected chi connectivity index (χ3v) is 6.47. The second kappa shape index (κ2) is 5.02. The molecule has 90 valence electrons. The fourth-order valence-electron chi connectivity index (χ4n) is 1.78. The van der Waals surface area contributed by atoms with Gasteiger partial charge in [-0.1, -0.05) is 13.8 Å². The molecule has 5 heteroatoms. The Balaban J connectivity index is 2.02. The summed E-state index contributed by atoms with van der Waals surface area (Å²) in [7, 11) is 1.88. The van der Waals surface area contributed by atoms with E-state index >= 15 is 0 Å². The summed E-state index contributed by atoms with van der Waals surface area (Å²) >= 11 is 3.85. The lowest BCUT2D eigenvalue weighted by Crippen LogP contribution is -2.30. The van der Waals surface area contributed by atoms with Crippen LogP contribution in [0.2, 0.25) is 0 Å². The first-order valence-electron chi connectivity index (χ1n) is 5.51. The highest BCUT2D eigenvalue weighted by molar-refractivity contribution is 8.07. The lowest BCUT2D eigenvalue weighted by atomic mass is 10.1. The number of aryl methyl sites for hydroxylation is 1. The summed E-state index contributed by atoms with van der Waals surface area (Å²) in [6, 6.07) is 0. The zero-order valence-corrected chi connectivity index (χ0v) is 11.5. The van der Waals surface area contributed by atoms with Crippen molar-refractivity contribution in [2.75, 3.05) is 5.75 Å². The standard InChI is InChI=1S/C11H18N2OS2/c1-7-8(2)16-10(6-15-7)11(14)9-4-12-13(3)5-9/h4-5,7-8,10-11,14H,6H2,1-3H3. The summed E-state index contributed by atoms with van der Waals surface area (Å²) in [4.78, 5) is 0. The minimum Gasteiger partial charge on any atom is -0.387 e. The van der Waals surface area contributed by atoms with Crippen LogP contribution in [0.25, 0.3) is 0 Å². The molecule has 0 saturated carbocycles. The Morgan fingerprint density at radius 3 is 2.81 bits per heavy atom. The summed E-state index contributed by atoms with van der Waals surface area (Å²) in [6.07, 6.45) is 3.28. The van der Waals surface area contributed by atoms with Gasteiger partial charge in [-0.15, -0.1) is 0 Å². The number of aliphatic hydroxyl groups is 1. The van der Waals surface area contributed by atoms with Gasteiger partial charge in [0.05, 0.1) is 12.3 Å². The van der Waals surface area contributed by atoms with Gasteiger partial charge in [0.25, 0.3) is 0 Å². The molecule has 2 rings (SSSR count). The highest BCUT2D eigenvalue weighted by atomic mass is 32.2. The van der Waals surface area contributed by atoms with Crippen molar-refractivity contribution < 1.29 is 5.11 Å². The maximum absolute atomic E-state index is 10.3. The molecule has 1 fully saturated rings. The minimum absolute atomic E-state index is 0.292. The van der Waals surface area contributed by atoms with E-state index in [4.69, 9.17) is 0 Å². The van der Waals surface area contributed by atoms with Gasteiger partial charge in [-0.05, 0) is 0 Å². The zero-order chi connectivity index (χ0) is 11.7. The molecule has 1 aliphatic rings. The summed E-state index contributed by atoms with van der Waals surface area (Å²) < 4.78 is 1.74. The molecule has 1 N–H and O–H groups in total. The summed E-state index contributed by atoms with van der Waals surface area (Å²) in [5.41, 5.74) is 0.933. The maximum atomic E-state index is 10.3. The normalized spacial score (nSPS) is 32.6. The van der Waals surface area contributed by atoms with Crippen molar-refractivity contribution >= 4 is 23.5 Å². The molecule has 1 aromatic rings. The maximum Gasteiger partial charge on any atom is 0.0946 e. The van der Waals surface area contributed by atoms with E-state index in [-0.39, 0.29) is 6.10 Å². The number of aromatic nitrogens is 2. The first kappa shape index (κ1) is 12.3. The Hall–Kier alpha value is -0.130. The molecule has 4 unspecified atom stereocenters. The van der Waals surface area contributed by atoms with Gasteiger partial charge >= 0.3 is 0 Å². The van der Waals surface area contributed by atoms with Gasteiger partial charge in [-0.3, -0.25) is 4.68 Å². The highest BCUT2D eigenvalue weighted by Crippen LogP contribution is 2.40. The van der Waals surface area contributed by atoms with Gasteiger partial charge in [0, 0.05) is 40.3 Å². The predicted octanol–water partition coefficient (Wildman–Crippen LogP) is 2.08. The third kappa shape index (κ3) is 2.57. The predicted molar refractivity (Wildman–Crippen MR) is 70.9 cm³/mol. The monoisotopic (exact) mass is 258 g/mol. The van der Waals surface area contributed by atoms with E-state index in [0.717, 1.165) is 11.3 Å². The van der Waals surface area contributed by atoms with Crippen LogP contribution >= 0.6 is 23.5 Å². The van der Waals surface area contributed by atoms with E-state index in [2.05, 4.69) is 18.9 Å². The van der Waals surface area contributed by atoms with Crippen molar-refractivity contribution in [1.82, 2.24) is 9.78 Å². The molecule has 16 heavy (non-hydrogen) atoms. The van der Waals surface area contributed by atoms with Crippen LogP contribution in [0.4, 0.5) is 0 Å². The van der Waals surface area contributed by atoms with Crippen molar-refractivity contribution in [1.29, 1.82) is 0 Å². The van der Waals surface area contributed by atoms with Crippen molar-refractivity contribution in [2.24, 2.45) is 7.05 Å². The van der Waals surface area contributed by atoms with E-state index in [1.807, 2.05) is 36.8 Å². The molecule has 1 aromatic heterocycles. The van der Waals surface area contributed by atoms with Crippen LogP contribution < -0.4 is 0 Å². The van der Waals surface area contributed by atoms with E-state index in [1.165, 1.54) is 0 Å². The van der Waals surface area contributed by atoms with E-state index in [1.54, 1.807) is 10.9 Å².